The Bertz CT molecular complexity index is 560. The highest BCUT2D eigenvalue weighted by atomic mass is 79.9. The predicted octanol–water partition coefficient (Wildman–Crippen LogP) is 3.20. The molecule has 5 heteroatoms. The largest absolute Gasteiger partial charge is 0.313 e. The van der Waals surface area contributed by atoms with E-state index in [2.05, 4.69) is 26.2 Å². The zero-order valence-electron chi connectivity index (χ0n) is 10.3. The van der Waals surface area contributed by atoms with E-state index in [0.717, 1.165) is 15.7 Å². The van der Waals surface area contributed by atoms with Crippen LogP contribution in [-0.2, 0) is 11.8 Å². The Labute approximate surface area is 114 Å². The second kappa shape index (κ2) is 5.35. The van der Waals surface area contributed by atoms with Crippen molar-refractivity contribution in [2.24, 2.45) is 7.05 Å². The summed E-state index contributed by atoms with van der Waals surface area (Å²) >= 11 is 3.40. The molecule has 0 aliphatic carbocycles. The number of nitrogens with one attached hydrogen (secondary N) is 1. The Morgan fingerprint density at radius 2 is 2.06 bits per heavy atom. The normalized spacial score (nSPS) is 10.4. The standard InChI is InChI=1S/C13H14BrN3O/c1-3-12(18)16-13-15-8-11(17(13)2)9-4-6-10(14)7-5-9/h4-8H,3H2,1-2H3,(H,15,16,18). The van der Waals surface area contributed by atoms with Gasteiger partial charge in [0.1, 0.15) is 0 Å². The molecule has 0 aliphatic heterocycles. The van der Waals surface area contributed by atoms with Gasteiger partial charge in [0.25, 0.3) is 0 Å². The van der Waals surface area contributed by atoms with Crippen molar-refractivity contribution in [3.63, 3.8) is 0 Å². The molecule has 2 rings (SSSR count). The van der Waals surface area contributed by atoms with E-state index in [1.165, 1.54) is 0 Å². The lowest BCUT2D eigenvalue weighted by molar-refractivity contribution is -0.115. The summed E-state index contributed by atoms with van der Waals surface area (Å²) in [6, 6.07) is 7.97. The summed E-state index contributed by atoms with van der Waals surface area (Å²) in [6.45, 7) is 1.81. The highest BCUT2D eigenvalue weighted by Gasteiger charge is 2.10. The molecule has 0 fully saturated rings. The molecule has 0 radical (unpaired) electrons. The number of carbonyl (C=O) groups is 1. The molecule has 1 aromatic carbocycles. The van der Waals surface area contributed by atoms with E-state index in [0.29, 0.717) is 12.4 Å². The topological polar surface area (TPSA) is 46.9 Å². The Morgan fingerprint density at radius 3 is 2.67 bits per heavy atom. The van der Waals surface area contributed by atoms with Crippen molar-refractivity contribution in [2.45, 2.75) is 13.3 Å². The third kappa shape index (κ3) is 2.61. The molecule has 1 aromatic heterocycles. The minimum atomic E-state index is -0.0361. The highest BCUT2D eigenvalue weighted by molar-refractivity contribution is 9.10. The number of halogens is 1. The molecule has 0 aliphatic rings. The number of nitrogens with zero attached hydrogens (tertiary/aromatic N) is 2. The smallest absolute Gasteiger partial charge is 0.226 e. The summed E-state index contributed by atoms with van der Waals surface area (Å²) in [6.07, 6.45) is 2.20. The second-order valence-corrected chi connectivity index (χ2v) is 4.85. The summed E-state index contributed by atoms with van der Waals surface area (Å²) in [5.41, 5.74) is 2.03. The van der Waals surface area contributed by atoms with Crippen LogP contribution in [0.1, 0.15) is 13.3 Å². The molecule has 0 saturated heterocycles. The van der Waals surface area contributed by atoms with E-state index in [1.54, 1.807) is 6.20 Å². The Kier molecular flexibility index (Phi) is 3.81. The molecule has 0 atom stereocenters. The molecular formula is C13H14BrN3O. The number of hydrogen-bond acceptors (Lipinski definition) is 2. The molecule has 0 spiro atoms. The number of aromatic nitrogens is 2. The van der Waals surface area contributed by atoms with Gasteiger partial charge in [0.15, 0.2) is 0 Å². The summed E-state index contributed by atoms with van der Waals surface area (Å²) in [5, 5.41) is 2.77. The predicted molar refractivity (Wildman–Crippen MR) is 75.3 cm³/mol. The third-order valence-corrected chi connectivity index (χ3v) is 3.23. The van der Waals surface area contributed by atoms with E-state index in [-0.39, 0.29) is 5.91 Å². The Hall–Kier alpha value is -1.62. The Morgan fingerprint density at radius 1 is 1.39 bits per heavy atom. The molecule has 2 aromatic rings. The number of benzene rings is 1. The molecule has 0 saturated carbocycles. The number of hydrogen-bond donors (Lipinski definition) is 1. The van der Waals surface area contributed by atoms with Crippen molar-refractivity contribution in [1.29, 1.82) is 0 Å². The van der Waals surface area contributed by atoms with E-state index >= 15 is 0 Å². The molecule has 1 amide bonds. The van der Waals surface area contributed by atoms with Crippen molar-refractivity contribution in [1.82, 2.24) is 9.55 Å². The molecule has 94 valence electrons. The van der Waals surface area contributed by atoms with Gasteiger partial charge in [-0.2, -0.15) is 0 Å². The highest BCUT2D eigenvalue weighted by Crippen LogP contribution is 2.23. The number of imidazole rings is 1. The van der Waals surface area contributed by atoms with Gasteiger partial charge in [-0.1, -0.05) is 35.0 Å². The number of amides is 1. The first-order valence-corrected chi connectivity index (χ1v) is 6.48. The molecule has 0 bridgehead atoms. The van der Waals surface area contributed by atoms with Crippen molar-refractivity contribution in [3.05, 3.63) is 34.9 Å². The minimum absolute atomic E-state index is 0.0361. The molecule has 4 nitrogen and oxygen atoms in total. The average molecular weight is 308 g/mol. The van der Waals surface area contributed by atoms with Crippen LogP contribution >= 0.6 is 15.9 Å². The SMILES string of the molecule is CCC(=O)Nc1ncc(-c2ccc(Br)cc2)n1C. The van der Waals surface area contributed by atoms with Gasteiger partial charge in [0, 0.05) is 17.9 Å². The van der Waals surface area contributed by atoms with Gasteiger partial charge in [-0.3, -0.25) is 10.1 Å². The first-order valence-electron chi connectivity index (χ1n) is 5.69. The molecular weight excluding hydrogens is 294 g/mol. The molecule has 1 heterocycles. The molecule has 0 unspecified atom stereocenters. The lowest BCUT2D eigenvalue weighted by Gasteiger charge is -2.06. The van der Waals surface area contributed by atoms with Crippen LogP contribution in [0.5, 0.6) is 0 Å². The van der Waals surface area contributed by atoms with Crippen LogP contribution in [0.4, 0.5) is 5.95 Å². The van der Waals surface area contributed by atoms with E-state index in [1.807, 2.05) is 42.8 Å². The first-order chi connectivity index (χ1) is 8.61. The lowest BCUT2D eigenvalue weighted by atomic mass is 10.2. The van der Waals surface area contributed by atoms with Gasteiger partial charge in [0.05, 0.1) is 11.9 Å². The number of anilines is 1. The Balaban J connectivity index is 2.30. The summed E-state index contributed by atoms with van der Waals surface area (Å²) in [4.78, 5) is 15.6. The fourth-order valence-corrected chi connectivity index (χ4v) is 1.89. The summed E-state index contributed by atoms with van der Waals surface area (Å²) in [5.74, 6) is 0.533. The van der Waals surface area contributed by atoms with Crippen LogP contribution in [0.25, 0.3) is 11.3 Å². The zero-order valence-corrected chi connectivity index (χ0v) is 11.9. The van der Waals surface area contributed by atoms with Crippen molar-refractivity contribution in [2.75, 3.05) is 5.32 Å². The lowest BCUT2D eigenvalue weighted by Crippen LogP contribution is -2.13. The van der Waals surface area contributed by atoms with Crippen LogP contribution in [0.3, 0.4) is 0 Å². The third-order valence-electron chi connectivity index (χ3n) is 2.70. The van der Waals surface area contributed by atoms with Gasteiger partial charge >= 0.3 is 0 Å². The van der Waals surface area contributed by atoms with Crippen molar-refractivity contribution in [3.8, 4) is 11.3 Å². The van der Waals surface area contributed by atoms with Crippen molar-refractivity contribution < 1.29 is 4.79 Å². The maximum absolute atomic E-state index is 11.4. The minimum Gasteiger partial charge on any atom is -0.313 e. The van der Waals surface area contributed by atoms with Crippen LogP contribution in [0.15, 0.2) is 34.9 Å². The fraction of sp³-hybridized carbons (Fsp3) is 0.231. The zero-order chi connectivity index (χ0) is 13.1. The summed E-state index contributed by atoms with van der Waals surface area (Å²) in [7, 11) is 1.88. The van der Waals surface area contributed by atoms with Gasteiger partial charge in [-0.25, -0.2) is 4.98 Å². The van der Waals surface area contributed by atoms with Crippen LogP contribution < -0.4 is 5.32 Å². The van der Waals surface area contributed by atoms with Crippen LogP contribution in [0, 0.1) is 0 Å². The maximum Gasteiger partial charge on any atom is 0.226 e. The van der Waals surface area contributed by atoms with Gasteiger partial charge in [0.2, 0.25) is 11.9 Å². The quantitative estimate of drug-likeness (QED) is 0.946. The van der Waals surface area contributed by atoms with E-state index in [9.17, 15) is 4.79 Å². The second-order valence-electron chi connectivity index (χ2n) is 3.93. The van der Waals surface area contributed by atoms with E-state index < -0.39 is 0 Å². The van der Waals surface area contributed by atoms with E-state index in [4.69, 9.17) is 0 Å². The number of rotatable bonds is 3. The monoisotopic (exact) mass is 307 g/mol. The van der Waals surface area contributed by atoms with Crippen molar-refractivity contribution >= 4 is 27.8 Å². The first kappa shape index (κ1) is 12.8. The maximum atomic E-state index is 11.4. The van der Waals surface area contributed by atoms with Gasteiger partial charge in [-0.15, -0.1) is 0 Å². The molecule has 18 heavy (non-hydrogen) atoms. The van der Waals surface area contributed by atoms with Gasteiger partial charge < -0.3 is 4.57 Å². The molecule has 1 N–H and O–H groups in total. The summed E-state index contributed by atoms with van der Waals surface area (Å²) < 4.78 is 2.91. The van der Waals surface area contributed by atoms with Gasteiger partial charge in [-0.05, 0) is 17.7 Å². The fourth-order valence-electron chi connectivity index (χ4n) is 1.63. The van der Waals surface area contributed by atoms with Crippen LogP contribution in [0.2, 0.25) is 0 Å². The van der Waals surface area contributed by atoms with Crippen LogP contribution in [-0.4, -0.2) is 15.5 Å². The average Bonchev–Trinajstić information content (AvgIpc) is 2.72. The number of carbonyl (C=O) groups excluding carboxylic acids is 1.